The topological polar surface area (TPSA) is 91.7 Å². The van der Waals surface area contributed by atoms with E-state index in [1.807, 2.05) is 0 Å². The Morgan fingerprint density at radius 3 is 2.59 bits per heavy atom. The van der Waals surface area contributed by atoms with Gasteiger partial charge in [0, 0.05) is 5.46 Å². The highest BCUT2D eigenvalue weighted by molar-refractivity contribution is 7.22. The third kappa shape index (κ3) is 3.51. The van der Waals surface area contributed by atoms with Crippen molar-refractivity contribution in [1.29, 1.82) is 0 Å². The number of halogens is 2. The monoisotopic (exact) mass is 330 g/mol. The molecule has 1 aromatic heterocycles. The van der Waals surface area contributed by atoms with Crippen LogP contribution in [-0.2, 0) is 4.74 Å². The lowest BCUT2D eigenvalue weighted by molar-refractivity contribution is 0.0636. The van der Waals surface area contributed by atoms with Gasteiger partial charge in [-0.05, 0) is 26.8 Å². The first-order chi connectivity index (χ1) is 10.1. The number of anilines is 1. The highest BCUT2D eigenvalue weighted by Gasteiger charge is 2.24. The number of thiazole rings is 1. The summed E-state index contributed by atoms with van der Waals surface area (Å²) in [7, 11) is -2.02. The van der Waals surface area contributed by atoms with Gasteiger partial charge in [0.05, 0.1) is 10.2 Å². The number of hydrogen-bond acceptors (Lipinski definition) is 6. The van der Waals surface area contributed by atoms with Gasteiger partial charge in [-0.3, -0.25) is 5.32 Å². The fourth-order valence-corrected chi connectivity index (χ4v) is 2.59. The van der Waals surface area contributed by atoms with Crippen LogP contribution in [0, 0.1) is 11.6 Å². The molecule has 0 bridgehead atoms. The van der Waals surface area contributed by atoms with Crippen LogP contribution in [0.5, 0.6) is 0 Å². The number of nitrogens with one attached hydrogen (secondary N) is 1. The van der Waals surface area contributed by atoms with E-state index in [9.17, 15) is 23.6 Å². The Labute approximate surface area is 128 Å². The molecule has 22 heavy (non-hydrogen) atoms. The average Bonchev–Trinajstić information content (AvgIpc) is 2.74. The zero-order valence-corrected chi connectivity index (χ0v) is 12.8. The Morgan fingerprint density at radius 2 is 2.05 bits per heavy atom. The van der Waals surface area contributed by atoms with Gasteiger partial charge in [0.15, 0.2) is 16.8 Å². The van der Waals surface area contributed by atoms with Gasteiger partial charge in [-0.25, -0.2) is 18.6 Å². The molecule has 10 heteroatoms. The molecule has 3 N–H and O–H groups in total. The molecule has 0 aliphatic heterocycles. The fourth-order valence-electron chi connectivity index (χ4n) is 1.68. The van der Waals surface area contributed by atoms with E-state index in [0.29, 0.717) is 17.4 Å². The molecule has 118 valence electrons. The molecule has 0 aliphatic carbocycles. The molecule has 1 heterocycles. The fraction of sp³-hybridized carbons (Fsp3) is 0.333. The summed E-state index contributed by atoms with van der Waals surface area (Å²) in [5.41, 5.74) is -1.16. The van der Waals surface area contributed by atoms with Gasteiger partial charge < -0.3 is 14.8 Å². The molecule has 0 saturated carbocycles. The molecule has 0 aliphatic rings. The van der Waals surface area contributed by atoms with Crippen LogP contribution >= 0.6 is 11.3 Å². The number of fused-ring (bicyclic) bond motifs is 1. The lowest BCUT2D eigenvalue weighted by atomic mass is 9.79. The van der Waals surface area contributed by atoms with E-state index in [-0.39, 0.29) is 20.8 Å². The quantitative estimate of drug-likeness (QED) is 0.728. The van der Waals surface area contributed by atoms with Crippen molar-refractivity contribution < 1.29 is 28.4 Å². The summed E-state index contributed by atoms with van der Waals surface area (Å²) in [5.74, 6) is -2.41. The van der Waals surface area contributed by atoms with E-state index in [4.69, 9.17) is 4.74 Å². The van der Waals surface area contributed by atoms with Gasteiger partial charge in [-0.2, -0.15) is 0 Å². The minimum absolute atomic E-state index is 0.0457. The standard InChI is InChI=1S/C12H13BF2N2O4S/c1-12(2,3)21-11(18)17-10-16-8-5(13(19)20)4-6(14)7(15)9(8)22-10/h4,19-20H,1-3H3,(H,16,17,18). The van der Waals surface area contributed by atoms with Gasteiger partial charge in [0.25, 0.3) is 0 Å². The lowest BCUT2D eigenvalue weighted by Crippen LogP contribution is -2.31. The summed E-state index contributed by atoms with van der Waals surface area (Å²) < 4.78 is 32.0. The van der Waals surface area contributed by atoms with Crippen molar-refractivity contribution in [2.24, 2.45) is 0 Å². The van der Waals surface area contributed by atoms with Crippen LogP contribution in [0.3, 0.4) is 0 Å². The maximum Gasteiger partial charge on any atom is 0.490 e. The number of hydrogen-bond donors (Lipinski definition) is 3. The first-order valence-corrected chi connectivity index (χ1v) is 7.04. The molecule has 2 aromatic rings. The van der Waals surface area contributed by atoms with Crippen LogP contribution in [0.2, 0.25) is 0 Å². The van der Waals surface area contributed by atoms with Crippen LogP contribution in [-0.4, -0.2) is 33.8 Å². The molecule has 0 fully saturated rings. The SMILES string of the molecule is CC(C)(C)OC(=O)Nc1nc2c(B(O)O)cc(F)c(F)c2s1. The van der Waals surface area contributed by atoms with E-state index in [2.05, 4.69) is 10.3 Å². The van der Waals surface area contributed by atoms with Crippen molar-refractivity contribution in [1.82, 2.24) is 4.98 Å². The van der Waals surface area contributed by atoms with Crippen molar-refractivity contribution in [3.05, 3.63) is 17.7 Å². The maximum absolute atomic E-state index is 13.8. The van der Waals surface area contributed by atoms with Crippen molar-refractivity contribution in [3.63, 3.8) is 0 Å². The zero-order valence-electron chi connectivity index (χ0n) is 12.0. The second-order valence-electron chi connectivity index (χ2n) is 5.46. The molecular weight excluding hydrogens is 317 g/mol. The van der Waals surface area contributed by atoms with Crippen molar-refractivity contribution in [2.75, 3.05) is 5.32 Å². The average molecular weight is 330 g/mol. The minimum Gasteiger partial charge on any atom is -0.444 e. The molecule has 1 aromatic carbocycles. The number of carbonyl (C=O) groups is 1. The number of carbonyl (C=O) groups excluding carboxylic acids is 1. The first kappa shape index (κ1) is 16.6. The normalized spacial score (nSPS) is 11.6. The Bertz CT molecular complexity index is 730. The van der Waals surface area contributed by atoms with E-state index in [0.717, 1.165) is 0 Å². The molecule has 1 amide bonds. The van der Waals surface area contributed by atoms with Crippen LogP contribution in [0.1, 0.15) is 20.8 Å². The summed E-state index contributed by atoms with van der Waals surface area (Å²) in [6, 6.07) is 0.652. The van der Waals surface area contributed by atoms with Crippen molar-refractivity contribution in [3.8, 4) is 0 Å². The molecule has 0 spiro atoms. The third-order valence-corrected chi connectivity index (χ3v) is 3.44. The Kier molecular flexibility index (Phi) is 4.36. The molecule has 0 unspecified atom stereocenters. The molecule has 2 rings (SSSR count). The molecular formula is C12H13BF2N2O4S. The van der Waals surface area contributed by atoms with E-state index < -0.39 is 30.4 Å². The van der Waals surface area contributed by atoms with Crippen molar-refractivity contribution >= 4 is 45.4 Å². The second kappa shape index (κ2) is 5.78. The van der Waals surface area contributed by atoms with E-state index >= 15 is 0 Å². The number of rotatable bonds is 2. The van der Waals surface area contributed by atoms with Gasteiger partial charge >= 0.3 is 13.2 Å². The van der Waals surface area contributed by atoms with Crippen LogP contribution in [0.4, 0.5) is 18.7 Å². The summed E-state index contributed by atoms with van der Waals surface area (Å²) in [4.78, 5) is 15.5. The van der Waals surface area contributed by atoms with E-state index in [1.165, 1.54) is 0 Å². The highest BCUT2D eigenvalue weighted by atomic mass is 32.1. The molecule has 0 saturated heterocycles. The summed E-state index contributed by atoms with van der Waals surface area (Å²) in [6.45, 7) is 5.00. The van der Waals surface area contributed by atoms with Crippen LogP contribution in [0.25, 0.3) is 10.2 Å². The van der Waals surface area contributed by atoms with Crippen LogP contribution in [0.15, 0.2) is 6.07 Å². The van der Waals surface area contributed by atoms with Gasteiger partial charge in [0.1, 0.15) is 5.60 Å². The predicted molar refractivity (Wildman–Crippen MR) is 79.2 cm³/mol. The zero-order chi connectivity index (χ0) is 16.7. The van der Waals surface area contributed by atoms with Gasteiger partial charge in [-0.15, -0.1) is 0 Å². The van der Waals surface area contributed by atoms with Crippen molar-refractivity contribution in [2.45, 2.75) is 26.4 Å². The predicted octanol–water partition coefficient (Wildman–Crippen LogP) is 1.60. The van der Waals surface area contributed by atoms with Gasteiger partial charge in [-0.1, -0.05) is 11.3 Å². The molecule has 0 atom stereocenters. The summed E-state index contributed by atoms with van der Waals surface area (Å²) in [5, 5.41) is 20.6. The summed E-state index contributed by atoms with van der Waals surface area (Å²) >= 11 is 0.664. The number of amides is 1. The maximum atomic E-state index is 13.8. The number of benzene rings is 1. The molecule has 0 radical (unpaired) electrons. The smallest absolute Gasteiger partial charge is 0.444 e. The summed E-state index contributed by atoms with van der Waals surface area (Å²) in [6.07, 6.45) is -0.807. The van der Waals surface area contributed by atoms with E-state index in [1.54, 1.807) is 20.8 Å². The van der Waals surface area contributed by atoms with Gasteiger partial charge in [0.2, 0.25) is 0 Å². The highest BCUT2D eigenvalue weighted by Crippen LogP contribution is 2.29. The number of nitrogens with zero attached hydrogens (tertiary/aromatic N) is 1. The Balaban J connectivity index is 2.40. The minimum atomic E-state index is -2.02. The first-order valence-electron chi connectivity index (χ1n) is 6.23. The molecule has 6 nitrogen and oxygen atoms in total. The second-order valence-corrected chi connectivity index (χ2v) is 6.46. The largest absolute Gasteiger partial charge is 0.490 e. The van der Waals surface area contributed by atoms with Crippen LogP contribution < -0.4 is 10.8 Å². The Hall–Kier alpha value is -1.78. The third-order valence-electron chi connectivity index (χ3n) is 2.48. The number of ether oxygens (including phenoxy) is 1. The lowest BCUT2D eigenvalue weighted by Gasteiger charge is -2.18. The number of aromatic nitrogens is 1. The Morgan fingerprint density at radius 1 is 1.41 bits per heavy atom.